The van der Waals surface area contributed by atoms with E-state index in [0.29, 0.717) is 38.3 Å². The molecule has 1 aromatic heterocycles. The fourth-order valence-electron chi connectivity index (χ4n) is 3.08. The lowest BCUT2D eigenvalue weighted by Gasteiger charge is -2.36. The van der Waals surface area contributed by atoms with Gasteiger partial charge in [0.2, 0.25) is 5.91 Å². The molecule has 132 valence electrons. The quantitative estimate of drug-likeness (QED) is 0.908. The Morgan fingerprint density at radius 1 is 1.24 bits per heavy atom. The Kier molecular flexibility index (Phi) is 5.38. The number of piperazine rings is 1. The van der Waals surface area contributed by atoms with Gasteiger partial charge in [0.25, 0.3) is 5.56 Å². The number of aromatic nitrogens is 2. The molecule has 25 heavy (non-hydrogen) atoms. The number of anilines is 1. The first-order chi connectivity index (χ1) is 12.1. The topological polar surface area (TPSA) is 69.3 Å². The number of H-pyrrole nitrogens is 1. The summed E-state index contributed by atoms with van der Waals surface area (Å²) in [5, 5.41) is 6.26. The van der Waals surface area contributed by atoms with E-state index in [4.69, 9.17) is 11.6 Å². The van der Waals surface area contributed by atoms with Gasteiger partial charge in [-0.25, -0.2) is 5.10 Å². The van der Waals surface area contributed by atoms with Gasteiger partial charge in [0.1, 0.15) is 5.02 Å². The zero-order valence-electron chi connectivity index (χ0n) is 14.1. The maximum Gasteiger partial charge on any atom is 0.285 e. The van der Waals surface area contributed by atoms with E-state index < -0.39 is 5.56 Å². The third kappa shape index (κ3) is 4.02. The predicted molar refractivity (Wildman–Crippen MR) is 98.1 cm³/mol. The number of hydrogen-bond acceptors (Lipinski definition) is 4. The maximum absolute atomic E-state index is 12.6. The van der Waals surface area contributed by atoms with Crippen LogP contribution in [0.25, 0.3) is 0 Å². The Morgan fingerprint density at radius 2 is 1.92 bits per heavy atom. The van der Waals surface area contributed by atoms with E-state index in [-0.39, 0.29) is 16.8 Å². The predicted octanol–water partition coefficient (Wildman–Crippen LogP) is 2.27. The van der Waals surface area contributed by atoms with Crippen LogP contribution in [0.5, 0.6) is 0 Å². The molecule has 1 aliphatic rings. The van der Waals surface area contributed by atoms with Crippen LogP contribution in [0.15, 0.2) is 41.3 Å². The highest BCUT2D eigenvalue weighted by molar-refractivity contribution is 6.33. The normalized spacial score (nSPS) is 15.9. The molecule has 0 radical (unpaired) electrons. The van der Waals surface area contributed by atoms with Crippen molar-refractivity contribution in [3.8, 4) is 0 Å². The van der Waals surface area contributed by atoms with E-state index in [0.717, 1.165) is 0 Å². The van der Waals surface area contributed by atoms with Crippen molar-refractivity contribution in [1.29, 1.82) is 0 Å². The minimum Gasteiger partial charge on any atom is -0.365 e. The molecule has 1 amide bonds. The maximum atomic E-state index is 12.6. The van der Waals surface area contributed by atoms with E-state index in [1.165, 1.54) is 5.56 Å². The molecule has 1 aromatic carbocycles. The van der Waals surface area contributed by atoms with Gasteiger partial charge in [-0.3, -0.25) is 9.59 Å². The number of halogens is 1. The van der Waals surface area contributed by atoms with Crippen LogP contribution < -0.4 is 10.5 Å². The molecule has 1 aliphatic heterocycles. The number of nitrogens with zero attached hydrogens (tertiary/aromatic N) is 3. The van der Waals surface area contributed by atoms with Crippen LogP contribution in [0.1, 0.15) is 24.8 Å². The number of amides is 1. The summed E-state index contributed by atoms with van der Waals surface area (Å²) in [4.78, 5) is 28.0. The Hall–Kier alpha value is -2.34. The van der Waals surface area contributed by atoms with Gasteiger partial charge >= 0.3 is 0 Å². The Balaban J connectivity index is 1.58. The summed E-state index contributed by atoms with van der Waals surface area (Å²) in [5.74, 6) is 0.351. The van der Waals surface area contributed by atoms with Crippen LogP contribution >= 0.6 is 11.6 Å². The average Bonchev–Trinajstić information content (AvgIpc) is 2.65. The number of nitrogens with one attached hydrogen (secondary N) is 1. The van der Waals surface area contributed by atoms with Crippen LogP contribution in [-0.2, 0) is 4.79 Å². The van der Waals surface area contributed by atoms with Crippen LogP contribution in [0.4, 0.5) is 5.69 Å². The zero-order valence-corrected chi connectivity index (χ0v) is 14.9. The summed E-state index contributed by atoms with van der Waals surface area (Å²) in [6.07, 6.45) is 2.05. The molecule has 6 nitrogen and oxygen atoms in total. The first-order valence-electron chi connectivity index (χ1n) is 8.37. The molecule has 0 aliphatic carbocycles. The molecule has 1 N–H and O–H groups in total. The smallest absolute Gasteiger partial charge is 0.285 e. The van der Waals surface area contributed by atoms with Crippen molar-refractivity contribution in [1.82, 2.24) is 15.1 Å². The number of benzene rings is 1. The number of carbonyl (C=O) groups is 1. The Bertz CT molecular complexity index is 785. The summed E-state index contributed by atoms with van der Waals surface area (Å²) < 4.78 is 0. The minimum absolute atomic E-state index is 0.146. The summed E-state index contributed by atoms with van der Waals surface area (Å²) in [5.41, 5.74) is 1.40. The molecule has 1 atom stereocenters. The molecule has 0 spiro atoms. The van der Waals surface area contributed by atoms with Gasteiger partial charge < -0.3 is 9.80 Å². The standard InChI is InChI=1S/C18H21ClN4O2/c1-13(14-5-3-2-4-6-14)11-16(24)23-9-7-22(8-10-23)15-12-20-21-18(25)17(15)19/h2-6,12-13H,7-11H2,1H3,(H,21,25). The molecular formula is C18H21ClN4O2. The fraction of sp³-hybridized carbons (Fsp3) is 0.389. The Morgan fingerprint density at radius 3 is 2.60 bits per heavy atom. The minimum atomic E-state index is -0.394. The monoisotopic (exact) mass is 360 g/mol. The molecule has 0 bridgehead atoms. The highest BCUT2D eigenvalue weighted by Crippen LogP contribution is 2.23. The highest BCUT2D eigenvalue weighted by Gasteiger charge is 2.24. The van der Waals surface area contributed by atoms with E-state index in [2.05, 4.69) is 29.3 Å². The zero-order chi connectivity index (χ0) is 17.8. The molecule has 2 heterocycles. The van der Waals surface area contributed by atoms with Crippen LogP contribution in [0, 0.1) is 0 Å². The largest absolute Gasteiger partial charge is 0.365 e. The van der Waals surface area contributed by atoms with E-state index in [1.54, 1.807) is 6.20 Å². The number of aromatic amines is 1. The van der Waals surface area contributed by atoms with E-state index in [1.807, 2.05) is 28.0 Å². The van der Waals surface area contributed by atoms with Crippen molar-refractivity contribution in [3.05, 3.63) is 57.5 Å². The van der Waals surface area contributed by atoms with Gasteiger partial charge in [0.05, 0.1) is 11.9 Å². The molecule has 1 fully saturated rings. The first kappa shape index (κ1) is 17.5. The third-order valence-corrected chi connectivity index (χ3v) is 4.96. The highest BCUT2D eigenvalue weighted by atomic mass is 35.5. The fourth-order valence-corrected chi connectivity index (χ4v) is 3.29. The SMILES string of the molecule is CC(CC(=O)N1CCN(c2cn[nH]c(=O)c2Cl)CC1)c1ccccc1. The van der Waals surface area contributed by atoms with Gasteiger partial charge in [-0.2, -0.15) is 5.10 Å². The van der Waals surface area contributed by atoms with E-state index >= 15 is 0 Å². The summed E-state index contributed by atoms with van der Waals surface area (Å²) in [6.45, 7) is 4.57. The van der Waals surface area contributed by atoms with Crippen molar-refractivity contribution in [2.24, 2.45) is 0 Å². The van der Waals surface area contributed by atoms with Crippen molar-refractivity contribution >= 4 is 23.2 Å². The molecule has 3 rings (SSSR count). The second-order valence-corrected chi connectivity index (χ2v) is 6.66. The number of carbonyl (C=O) groups excluding carboxylic acids is 1. The van der Waals surface area contributed by atoms with Crippen LogP contribution in [-0.4, -0.2) is 47.2 Å². The number of rotatable bonds is 4. The number of hydrogen-bond donors (Lipinski definition) is 1. The Labute approximate surface area is 151 Å². The molecule has 2 aromatic rings. The van der Waals surface area contributed by atoms with Gasteiger partial charge in [-0.1, -0.05) is 48.9 Å². The van der Waals surface area contributed by atoms with Gasteiger partial charge in [-0.05, 0) is 11.5 Å². The second-order valence-electron chi connectivity index (χ2n) is 6.28. The van der Waals surface area contributed by atoms with Crippen molar-refractivity contribution in [2.75, 3.05) is 31.1 Å². The van der Waals surface area contributed by atoms with Crippen molar-refractivity contribution in [2.45, 2.75) is 19.3 Å². The lowest BCUT2D eigenvalue weighted by Crippen LogP contribution is -2.49. The lowest BCUT2D eigenvalue weighted by molar-refractivity contribution is -0.131. The van der Waals surface area contributed by atoms with Crippen molar-refractivity contribution in [3.63, 3.8) is 0 Å². The van der Waals surface area contributed by atoms with Crippen LogP contribution in [0.2, 0.25) is 5.02 Å². The van der Waals surface area contributed by atoms with Crippen molar-refractivity contribution < 1.29 is 4.79 Å². The van der Waals surface area contributed by atoms with Gasteiger partial charge in [-0.15, -0.1) is 0 Å². The molecule has 1 unspecified atom stereocenters. The summed E-state index contributed by atoms with van der Waals surface area (Å²) in [6, 6.07) is 10.1. The summed E-state index contributed by atoms with van der Waals surface area (Å²) >= 11 is 6.06. The molecule has 7 heteroatoms. The summed E-state index contributed by atoms with van der Waals surface area (Å²) in [7, 11) is 0. The lowest BCUT2D eigenvalue weighted by atomic mass is 9.97. The first-order valence-corrected chi connectivity index (χ1v) is 8.75. The van der Waals surface area contributed by atoms with Gasteiger partial charge in [0.15, 0.2) is 0 Å². The van der Waals surface area contributed by atoms with Crippen LogP contribution in [0.3, 0.4) is 0 Å². The molecule has 0 saturated carbocycles. The van der Waals surface area contributed by atoms with E-state index in [9.17, 15) is 9.59 Å². The third-order valence-electron chi connectivity index (χ3n) is 4.60. The molecule has 1 saturated heterocycles. The second kappa shape index (κ2) is 7.70. The van der Waals surface area contributed by atoms with Gasteiger partial charge in [0, 0.05) is 32.6 Å². The average molecular weight is 361 g/mol. The molecular weight excluding hydrogens is 340 g/mol.